The highest BCUT2D eigenvalue weighted by Gasteiger charge is 2.34. The molecule has 0 aromatic rings. The first-order valence-electron chi connectivity index (χ1n) is 23.0. The Morgan fingerprint density at radius 1 is 0.400 bits per heavy atom. The smallest absolute Gasteiger partial charge is 0.325 e. The van der Waals surface area contributed by atoms with Gasteiger partial charge < -0.3 is 4.74 Å². The number of unbranched alkanes of at least 4 members (excludes halogenated alkanes) is 36. The maximum absolute atomic E-state index is 12.0. The van der Waals surface area contributed by atoms with Gasteiger partial charge in [-0.15, -0.1) is 0 Å². The van der Waals surface area contributed by atoms with Gasteiger partial charge in [-0.25, -0.2) is 0 Å². The summed E-state index contributed by atoms with van der Waals surface area (Å²) in [5, 5.41) is 0. The summed E-state index contributed by atoms with van der Waals surface area (Å²) in [6.07, 6.45) is 63.7. The van der Waals surface area contributed by atoms with Gasteiger partial charge in [-0.1, -0.05) is 256 Å². The molecule has 1 saturated heterocycles. The van der Waals surface area contributed by atoms with E-state index in [1.165, 1.54) is 231 Å². The average molecular weight is 697 g/mol. The zero-order valence-corrected chi connectivity index (χ0v) is 34.2. The highest BCUT2D eigenvalue weighted by Crippen LogP contribution is 2.28. The summed E-state index contributed by atoms with van der Waals surface area (Å²) in [7, 11) is 0. The maximum atomic E-state index is 12.0. The summed E-state index contributed by atoms with van der Waals surface area (Å²) >= 11 is 0. The van der Waals surface area contributed by atoms with Crippen LogP contribution in [0.15, 0.2) is 36.1 Å². The molecular formula is C48H88O2. The van der Waals surface area contributed by atoms with Crippen molar-refractivity contribution in [2.24, 2.45) is 5.92 Å². The van der Waals surface area contributed by atoms with E-state index in [2.05, 4.69) is 38.2 Å². The molecule has 1 aliphatic heterocycles. The van der Waals surface area contributed by atoms with Crippen molar-refractivity contribution < 1.29 is 9.53 Å². The number of allylic oxidation sites excluding steroid dienone is 4. The first kappa shape index (κ1) is 46.7. The molecule has 1 fully saturated rings. The molecule has 1 rings (SSSR count). The fourth-order valence-electron chi connectivity index (χ4n) is 7.43. The third-order valence-corrected chi connectivity index (χ3v) is 11.0. The van der Waals surface area contributed by atoms with Crippen molar-refractivity contribution in [3.05, 3.63) is 36.1 Å². The molecule has 1 aliphatic rings. The first-order chi connectivity index (χ1) is 24.8. The maximum Gasteiger partial charge on any atom is 0.325 e. The second kappa shape index (κ2) is 38.9. The monoisotopic (exact) mass is 697 g/mol. The van der Waals surface area contributed by atoms with Crippen LogP contribution in [0.2, 0.25) is 0 Å². The van der Waals surface area contributed by atoms with Crippen molar-refractivity contribution in [3.63, 3.8) is 0 Å². The Morgan fingerprint density at radius 3 is 0.980 bits per heavy atom. The quantitative estimate of drug-likeness (QED) is 0.0362. The Labute approximate surface area is 314 Å². The van der Waals surface area contributed by atoms with Crippen LogP contribution in [0.4, 0.5) is 0 Å². The number of rotatable bonds is 40. The van der Waals surface area contributed by atoms with Crippen molar-refractivity contribution in [1.82, 2.24) is 0 Å². The van der Waals surface area contributed by atoms with Gasteiger partial charge in [0.1, 0.15) is 11.7 Å². The summed E-state index contributed by atoms with van der Waals surface area (Å²) in [5.41, 5.74) is 0. The van der Waals surface area contributed by atoms with Gasteiger partial charge in [0.2, 0.25) is 0 Å². The van der Waals surface area contributed by atoms with Gasteiger partial charge >= 0.3 is 5.97 Å². The van der Waals surface area contributed by atoms with E-state index in [1.54, 1.807) is 0 Å². The molecule has 2 heteroatoms. The molecule has 0 amide bonds. The topological polar surface area (TPSA) is 26.3 Å². The highest BCUT2D eigenvalue weighted by atomic mass is 16.6. The molecule has 0 saturated carbocycles. The van der Waals surface area contributed by atoms with Crippen molar-refractivity contribution in [3.8, 4) is 0 Å². The fourth-order valence-corrected chi connectivity index (χ4v) is 7.43. The molecule has 0 aromatic carbocycles. The van der Waals surface area contributed by atoms with Crippen LogP contribution in [0.3, 0.4) is 0 Å². The number of ether oxygens (including phenoxy) is 1. The lowest BCUT2D eigenvalue weighted by Crippen LogP contribution is -2.30. The zero-order chi connectivity index (χ0) is 35.8. The van der Waals surface area contributed by atoms with Crippen LogP contribution in [-0.4, -0.2) is 5.97 Å². The molecule has 0 bridgehead atoms. The molecule has 2 nitrogen and oxygen atoms in total. The lowest BCUT2D eigenvalue weighted by molar-refractivity contribution is -0.154. The number of hydrogen-bond acceptors (Lipinski definition) is 2. The van der Waals surface area contributed by atoms with E-state index < -0.39 is 0 Å². The standard InChI is InChI=1S/C48H88O2/c1-3-5-7-9-11-13-15-17-19-21-23-25-27-29-31-33-35-37-39-41-43-45-47-46(48(49)50-47)44-42-40-38-36-34-32-30-28-26-24-22-20-18-16-14-12-10-8-6-4-2/h41-46H,3-40H2,1-2H3/b43-41+,44-42+,47-45+. The third kappa shape index (κ3) is 31.4. The van der Waals surface area contributed by atoms with E-state index in [0.717, 1.165) is 18.6 Å². The van der Waals surface area contributed by atoms with Gasteiger partial charge in [-0.05, 0) is 31.8 Å². The molecule has 1 atom stereocenters. The molecule has 50 heavy (non-hydrogen) atoms. The van der Waals surface area contributed by atoms with Gasteiger partial charge in [0.05, 0.1) is 0 Å². The highest BCUT2D eigenvalue weighted by molar-refractivity contribution is 5.85. The molecule has 292 valence electrons. The second-order valence-electron chi connectivity index (χ2n) is 15.9. The fraction of sp³-hybridized carbons (Fsp3) is 0.854. The predicted molar refractivity (Wildman–Crippen MR) is 223 cm³/mol. The van der Waals surface area contributed by atoms with Gasteiger partial charge in [0, 0.05) is 0 Å². The van der Waals surface area contributed by atoms with Gasteiger partial charge in [0.25, 0.3) is 0 Å². The van der Waals surface area contributed by atoms with Gasteiger partial charge in [0.15, 0.2) is 0 Å². The molecule has 0 N–H and O–H groups in total. The Hall–Kier alpha value is -1.31. The van der Waals surface area contributed by atoms with Crippen LogP contribution < -0.4 is 0 Å². The van der Waals surface area contributed by atoms with E-state index in [1.807, 2.05) is 6.08 Å². The summed E-state index contributed by atoms with van der Waals surface area (Å²) in [4.78, 5) is 12.0. The summed E-state index contributed by atoms with van der Waals surface area (Å²) in [5.74, 6) is 0.570. The number of hydrogen-bond donors (Lipinski definition) is 0. The van der Waals surface area contributed by atoms with E-state index in [9.17, 15) is 4.79 Å². The van der Waals surface area contributed by atoms with Crippen LogP contribution in [-0.2, 0) is 9.53 Å². The minimum absolute atomic E-state index is 0.0952. The molecule has 1 heterocycles. The van der Waals surface area contributed by atoms with Crippen molar-refractivity contribution in [1.29, 1.82) is 0 Å². The van der Waals surface area contributed by atoms with Crippen molar-refractivity contribution >= 4 is 5.97 Å². The molecule has 0 spiro atoms. The van der Waals surface area contributed by atoms with Crippen molar-refractivity contribution in [2.75, 3.05) is 0 Å². The minimum atomic E-state index is -0.152. The number of esters is 1. The van der Waals surface area contributed by atoms with Crippen LogP contribution in [0.25, 0.3) is 0 Å². The summed E-state index contributed by atoms with van der Waals surface area (Å²) in [6, 6.07) is 0. The lowest BCUT2D eigenvalue weighted by atomic mass is 10.00. The van der Waals surface area contributed by atoms with Crippen molar-refractivity contribution in [2.45, 2.75) is 258 Å². The third-order valence-electron chi connectivity index (χ3n) is 11.0. The largest absolute Gasteiger partial charge is 0.429 e. The van der Waals surface area contributed by atoms with E-state index in [4.69, 9.17) is 4.74 Å². The van der Waals surface area contributed by atoms with Crippen LogP contribution >= 0.6 is 0 Å². The Bertz CT molecular complexity index is 792. The average Bonchev–Trinajstić information content (AvgIpc) is 3.12. The lowest BCUT2D eigenvalue weighted by Gasteiger charge is -2.24. The minimum Gasteiger partial charge on any atom is -0.429 e. The van der Waals surface area contributed by atoms with Gasteiger partial charge in [-0.3, -0.25) is 4.79 Å². The van der Waals surface area contributed by atoms with E-state index >= 15 is 0 Å². The Kier molecular flexibility index (Phi) is 36.4. The molecular weight excluding hydrogens is 609 g/mol. The SMILES string of the molecule is CCCCCCCCCCCCCCCCCCCC/C=C/C=C1/OC(=O)C1/C=C/CCCCCCCCCCCCCCCCCCCC. The number of carbonyl (C=O) groups excluding carboxylic acids is 1. The van der Waals surface area contributed by atoms with Gasteiger partial charge in [-0.2, -0.15) is 0 Å². The first-order valence-corrected chi connectivity index (χ1v) is 23.0. The van der Waals surface area contributed by atoms with E-state index in [-0.39, 0.29) is 11.9 Å². The number of cyclic esters (lactones) is 1. The molecule has 0 radical (unpaired) electrons. The summed E-state index contributed by atoms with van der Waals surface area (Å²) < 4.78 is 5.31. The zero-order valence-electron chi connectivity index (χ0n) is 34.2. The van der Waals surface area contributed by atoms with Crippen LogP contribution in [0.1, 0.15) is 258 Å². The Balaban J connectivity index is 1.84. The van der Waals surface area contributed by atoms with Crippen LogP contribution in [0, 0.1) is 5.92 Å². The van der Waals surface area contributed by atoms with Crippen LogP contribution in [0.5, 0.6) is 0 Å². The molecule has 0 aliphatic carbocycles. The summed E-state index contributed by atoms with van der Waals surface area (Å²) in [6.45, 7) is 4.60. The molecule has 0 aromatic heterocycles. The second-order valence-corrected chi connectivity index (χ2v) is 15.9. The predicted octanol–water partition coefficient (Wildman–Crippen LogP) is 17.0. The number of carbonyl (C=O) groups is 1. The normalized spacial score (nSPS) is 15.5. The Morgan fingerprint density at radius 2 is 0.680 bits per heavy atom. The van der Waals surface area contributed by atoms with E-state index in [0.29, 0.717) is 0 Å². The molecule has 1 unspecified atom stereocenters.